The molecule has 4 aromatic rings. The summed E-state index contributed by atoms with van der Waals surface area (Å²) < 4.78 is 1.58. The molecule has 0 saturated heterocycles. The molecule has 0 bridgehead atoms. The van der Waals surface area contributed by atoms with Crippen LogP contribution < -0.4 is 16.8 Å². The van der Waals surface area contributed by atoms with Crippen LogP contribution >= 0.6 is 11.3 Å². The molecule has 0 fully saturated rings. The smallest absolute Gasteiger partial charge is 0.254 e. The summed E-state index contributed by atoms with van der Waals surface area (Å²) in [7, 11) is 0. The molecule has 174 valence electrons. The predicted octanol–water partition coefficient (Wildman–Crippen LogP) is 4.43. The second kappa shape index (κ2) is 9.48. The monoisotopic (exact) mass is 474 g/mol. The van der Waals surface area contributed by atoms with Crippen molar-refractivity contribution in [2.45, 2.75) is 33.2 Å². The van der Waals surface area contributed by atoms with Crippen molar-refractivity contribution < 1.29 is 9.59 Å². The molecule has 0 atom stereocenters. The molecule has 5 N–H and O–H groups in total. The number of rotatable bonds is 7. The zero-order chi connectivity index (χ0) is 24.4. The Morgan fingerprint density at radius 3 is 2.29 bits per heavy atom. The van der Waals surface area contributed by atoms with Gasteiger partial charge < -0.3 is 16.8 Å². The maximum absolute atomic E-state index is 12.6. The molecule has 2 heterocycles. The number of benzene rings is 2. The third-order valence-electron chi connectivity index (χ3n) is 5.37. The molecule has 2 amide bonds. The number of anilines is 2. The van der Waals surface area contributed by atoms with Gasteiger partial charge in [-0.05, 0) is 26.3 Å². The highest BCUT2D eigenvalue weighted by Crippen LogP contribution is 2.31. The van der Waals surface area contributed by atoms with Gasteiger partial charge in [-0.3, -0.25) is 9.59 Å². The van der Waals surface area contributed by atoms with Crippen LogP contribution in [0.1, 0.15) is 40.7 Å². The molecule has 4 rings (SSSR count). The summed E-state index contributed by atoms with van der Waals surface area (Å²) in [6.07, 6.45) is 0.185. The molecule has 2 aromatic carbocycles. The Morgan fingerprint density at radius 2 is 1.68 bits per heavy atom. The van der Waals surface area contributed by atoms with Crippen molar-refractivity contribution in [1.29, 1.82) is 0 Å². The number of nitrogen functional groups attached to an aromatic ring is 1. The molecular formula is C25H26N6O2S. The SMILES string of the molecule is Cc1sc(NC(=O)Cc2ccc(-c3nn(C(C)C)c(N)c3C(N)=O)cc2)nc1-c1ccccc1. The van der Waals surface area contributed by atoms with E-state index in [1.54, 1.807) is 4.68 Å². The van der Waals surface area contributed by atoms with Gasteiger partial charge in [-0.2, -0.15) is 5.10 Å². The number of nitrogens with two attached hydrogens (primary N) is 2. The van der Waals surface area contributed by atoms with Crippen LogP contribution in [-0.2, 0) is 11.2 Å². The maximum Gasteiger partial charge on any atom is 0.254 e. The minimum Gasteiger partial charge on any atom is -0.383 e. The summed E-state index contributed by atoms with van der Waals surface area (Å²) >= 11 is 1.45. The molecule has 0 radical (unpaired) electrons. The zero-order valence-corrected chi connectivity index (χ0v) is 20.0. The summed E-state index contributed by atoms with van der Waals surface area (Å²) in [5, 5.41) is 7.95. The van der Waals surface area contributed by atoms with Gasteiger partial charge in [-0.1, -0.05) is 54.6 Å². The van der Waals surface area contributed by atoms with Crippen molar-refractivity contribution in [1.82, 2.24) is 14.8 Å². The van der Waals surface area contributed by atoms with E-state index in [2.05, 4.69) is 15.4 Å². The number of amides is 2. The highest BCUT2D eigenvalue weighted by molar-refractivity contribution is 7.16. The van der Waals surface area contributed by atoms with Gasteiger partial charge in [0.15, 0.2) is 5.13 Å². The molecular weight excluding hydrogens is 448 g/mol. The zero-order valence-electron chi connectivity index (χ0n) is 19.2. The number of aryl methyl sites for hydroxylation is 1. The van der Waals surface area contributed by atoms with Crippen LogP contribution in [0.4, 0.5) is 10.9 Å². The summed E-state index contributed by atoms with van der Waals surface area (Å²) in [6, 6.07) is 17.1. The van der Waals surface area contributed by atoms with Crippen LogP contribution in [0, 0.1) is 6.92 Å². The summed E-state index contributed by atoms with van der Waals surface area (Å²) in [5.41, 5.74) is 15.7. The van der Waals surface area contributed by atoms with Crippen molar-refractivity contribution in [3.63, 3.8) is 0 Å². The van der Waals surface area contributed by atoms with Crippen LogP contribution in [0.25, 0.3) is 22.5 Å². The Labute approximate surface area is 201 Å². The number of primary amides is 1. The van der Waals surface area contributed by atoms with Crippen LogP contribution in [0.15, 0.2) is 54.6 Å². The van der Waals surface area contributed by atoms with Gasteiger partial charge in [0.2, 0.25) is 5.91 Å². The van der Waals surface area contributed by atoms with E-state index < -0.39 is 5.91 Å². The minimum atomic E-state index is -0.628. The molecule has 8 nitrogen and oxygen atoms in total. The van der Waals surface area contributed by atoms with Crippen LogP contribution in [0.3, 0.4) is 0 Å². The van der Waals surface area contributed by atoms with Crippen LogP contribution in [0.2, 0.25) is 0 Å². The van der Waals surface area contributed by atoms with E-state index in [0.717, 1.165) is 21.7 Å². The predicted molar refractivity (Wildman–Crippen MR) is 136 cm³/mol. The molecule has 34 heavy (non-hydrogen) atoms. The average Bonchev–Trinajstić information content (AvgIpc) is 3.34. The van der Waals surface area contributed by atoms with Gasteiger partial charge in [0.25, 0.3) is 5.91 Å². The van der Waals surface area contributed by atoms with E-state index in [-0.39, 0.29) is 29.8 Å². The summed E-state index contributed by atoms with van der Waals surface area (Å²) in [5.74, 6) is -0.543. The molecule has 0 aliphatic heterocycles. The molecule has 0 spiro atoms. The number of hydrogen-bond donors (Lipinski definition) is 3. The van der Waals surface area contributed by atoms with E-state index in [4.69, 9.17) is 11.5 Å². The van der Waals surface area contributed by atoms with Crippen molar-refractivity contribution in [2.75, 3.05) is 11.1 Å². The van der Waals surface area contributed by atoms with Gasteiger partial charge in [-0.25, -0.2) is 9.67 Å². The Hall–Kier alpha value is -3.98. The normalized spacial score (nSPS) is 11.1. The quantitative estimate of drug-likeness (QED) is 0.365. The number of carbonyl (C=O) groups is 2. The van der Waals surface area contributed by atoms with Crippen molar-refractivity contribution in [2.24, 2.45) is 5.73 Å². The minimum absolute atomic E-state index is 0.0216. The van der Waals surface area contributed by atoms with Crippen LogP contribution in [0.5, 0.6) is 0 Å². The lowest BCUT2D eigenvalue weighted by Crippen LogP contribution is -2.15. The van der Waals surface area contributed by atoms with Crippen molar-refractivity contribution in [3.05, 3.63) is 70.6 Å². The standard InChI is InChI=1S/C25H26N6O2S/c1-14(2)31-23(26)20(24(27)33)22(30-31)18-11-9-16(10-12-18)13-19(32)28-25-29-21(15(3)34-25)17-7-5-4-6-8-17/h4-12,14H,13,26H2,1-3H3,(H2,27,33)(H,28,29,32). The van der Waals surface area contributed by atoms with Gasteiger partial charge in [-0.15, -0.1) is 11.3 Å². The van der Waals surface area contributed by atoms with Crippen molar-refractivity contribution >= 4 is 34.1 Å². The molecule has 0 unspecified atom stereocenters. The third kappa shape index (κ3) is 4.69. The van der Waals surface area contributed by atoms with E-state index in [9.17, 15) is 9.59 Å². The van der Waals surface area contributed by atoms with Gasteiger partial charge in [0, 0.05) is 22.0 Å². The highest BCUT2D eigenvalue weighted by atomic mass is 32.1. The van der Waals surface area contributed by atoms with Crippen LogP contribution in [-0.4, -0.2) is 26.6 Å². The van der Waals surface area contributed by atoms with Gasteiger partial charge in [0.05, 0.1) is 12.1 Å². The third-order valence-corrected chi connectivity index (χ3v) is 6.25. The fourth-order valence-corrected chi connectivity index (χ4v) is 4.58. The number of nitrogens with zero attached hydrogens (tertiary/aromatic N) is 3. The van der Waals surface area contributed by atoms with Crippen molar-refractivity contribution in [3.8, 4) is 22.5 Å². The Bertz CT molecular complexity index is 1340. The average molecular weight is 475 g/mol. The number of thiazole rings is 1. The fraction of sp³-hybridized carbons (Fsp3) is 0.200. The van der Waals surface area contributed by atoms with Gasteiger partial charge in [0.1, 0.15) is 17.1 Å². The fourth-order valence-electron chi connectivity index (χ4n) is 3.73. The van der Waals surface area contributed by atoms with E-state index in [0.29, 0.717) is 16.4 Å². The Kier molecular flexibility index (Phi) is 6.47. The lowest BCUT2D eigenvalue weighted by molar-refractivity contribution is -0.115. The summed E-state index contributed by atoms with van der Waals surface area (Å²) in [4.78, 5) is 30.2. The first kappa shape index (κ1) is 23.2. The molecule has 0 aliphatic carbocycles. The number of nitrogens with one attached hydrogen (secondary N) is 1. The Balaban J connectivity index is 1.48. The molecule has 0 saturated carbocycles. The first-order valence-electron chi connectivity index (χ1n) is 10.8. The van der Waals surface area contributed by atoms with E-state index in [1.807, 2.05) is 75.4 Å². The molecule has 9 heteroatoms. The first-order valence-corrected chi connectivity index (χ1v) is 11.7. The largest absolute Gasteiger partial charge is 0.383 e. The maximum atomic E-state index is 12.6. The highest BCUT2D eigenvalue weighted by Gasteiger charge is 2.22. The number of carbonyl (C=O) groups excluding carboxylic acids is 2. The Morgan fingerprint density at radius 1 is 1.03 bits per heavy atom. The van der Waals surface area contributed by atoms with E-state index in [1.165, 1.54) is 11.3 Å². The second-order valence-electron chi connectivity index (χ2n) is 8.22. The topological polar surface area (TPSA) is 129 Å². The number of hydrogen-bond acceptors (Lipinski definition) is 6. The molecule has 0 aliphatic rings. The van der Waals surface area contributed by atoms with E-state index >= 15 is 0 Å². The lowest BCUT2D eigenvalue weighted by Gasteiger charge is -2.07. The first-order chi connectivity index (χ1) is 16.2. The lowest BCUT2D eigenvalue weighted by atomic mass is 10.0. The second-order valence-corrected chi connectivity index (χ2v) is 9.43. The number of aromatic nitrogens is 3. The van der Waals surface area contributed by atoms with Gasteiger partial charge >= 0.3 is 0 Å². The summed E-state index contributed by atoms with van der Waals surface area (Å²) in [6.45, 7) is 5.83. The molecule has 2 aromatic heterocycles.